The van der Waals surface area contributed by atoms with Gasteiger partial charge in [-0.3, -0.25) is 0 Å². The molecule has 0 spiro atoms. The SMILES string of the molecule is CCCCC1=Cc2c(-c3ccc(C(C)(C)C)cc3)ccc(C)c2C1. The van der Waals surface area contributed by atoms with E-state index in [-0.39, 0.29) is 5.41 Å². The monoisotopic (exact) mass is 318 g/mol. The number of benzene rings is 2. The fourth-order valence-corrected chi connectivity index (χ4v) is 3.62. The number of hydrogen-bond donors (Lipinski definition) is 0. The maximum Gasteiger partial charge on any atom is -0.00550 e. The molecular formula is C24H30. The summed E-state index contributed by atoms with van der Waals surface area (Å²) in [5, 5.41) is 0. The third kappa shape index (κ3) is 3.34. The van der Waals surface area contributed by atoms with Crippen molar-refractivity contribution in [3.8, 4) is 11.1 Å². The summed E-state index contributed by atoms with van der Waals surface area (Å²) < 4.78 is 0. The van der Waals surface area contributed by atoms with Crippen molar-refractivity contribution in [3.63, 3.8) is 0 Å². The van der Waals surface area contributed by atoms with E-state index < -0.39 is 0 Å². The summed E-state index contributed by atoms with van der Waals surface area (Å²) in [5.74, 6) is 0. The number of aryl methyl sites for hydroxylation is 1. The third-order valence-corrected chi connectivity index (χ3v) is 5.26. The average molecular weight is 319 g/mol. The molecule has 0 fully saturated rings. The molecule has 0 heterocycles. The predicted molar refractivity (Wildman–Crippen MR) is 107 cm³/mol. The Bertz CT molecular complexity index is 752. The zero-order chi connectivity index (χ0) is 17.3. The van der Waals surface area contributed by atoms with Gasteiger partial charge in [-0.15, -0.1) is 0 Å². The predicted octanol–water partition coefficient (Wildman–Crippen LogP) is 7.09. The lowest BCUT2D eigenvalue weighted by molar-refractivity contribution is 0.590. The molecule has 0 amide bonds. The fourth-order valence-electron chi connectivity index (χ4n) is 3.62. The highest BCUT2D eigenvalue weighted by Crippen LogP contribution is 2.37. The minimum Gasteiger partial charge on any atom is -0.0654 e. The molecule has 2 aromatic carbocycles. The molecule has 24 heavy (non-hydrogen) atoms. The van der Waals surface area contributed by atoms with E-state index >= 15 is 0 Å². The van der Waals surface area contributed by atoms with Gasteiger partial charge in [0.1, 0.15) is 0 Å². The molecule has 0 nitrogen and oxygen atoms in total. The van der Waals surface area contributed by atoms with Crippen LogP contribution in [0.4, 0.5) is 0 Å². The number of unbranched alkanes of at least 4 members (excludes halogenated alkanes) is 1. The van der Waals surface area contributed by atoms with Crippen LogP contribution in [0.1, 0.15) is 69.2 Å². The standard InChI is InChI=1S/C24H30/c1-6-7-8-18-15-22-17(2)9-14-21(23(22)16-18)19-10-12-20(13-11-19)24(3,4)5/h9-14,16H,6-8,15H2,1-5H3. The molecule has 0 saturated carbocycles. The van der Waals surface area contributed by atoms with Gasteiger partial charge in [0.15, 0.2) is 0 Å². The maximum atomic E-state index is 2.46. The Morgan fingerprint density at radius 3 is 2.29 bits per heavy atom. The van der Waals surface area contributed by atoms with E-state index in [0.29, 0.717) is 0 Å². The highest BCUT2D eigenvalue weighted by atomic mass is 14.2. The summed E-state index contributed by atoms with van der Waals surface area (Å²) in [6.07, 6.45) is 7.43. The molecule has 0 aliphatic heterocycles. The second-order valence-corrected chi connectivity index (χ2v) is 8.23. The first-order chi connectivity index (χ1) is 11.4. The zero-order valence-corrected chi connectivity index (χ0v) is 15.9. The minimum atomic E-state index is 0.209. The summed E-state index contributed by atoms with van der Waals surface area (Å²) >= 11 is 0. The van der Waals surface area contributed by atoms with Crippen molar-refractivity contribution in [1.82, 2.24) is 0 Å². The fraction of sp³-hybridized carbons (Fsp3) is 0.417. The van der Waals surface area contributed by atoms with Gasteiger partial charge in [0.2, 0.25) is 0 Å². The number of rotatable bonds is 4. The quantitative estimate of drug-likeness (QED) is 0.564. The van der Waals surface area contributed by atoms with Crippen LogP contribution >= 0.6 is 0 Å². The second-order valence-electron chi connectivity index (χ2n) is 8.23. The van der Waals surface area contributed by atoms with Gasteiger partial charge in [-0.25, -0.2) is 0 Å². The van der Waals surface area contributed by atoms with Crippen molar-refractivity contribution in [2.24, 2.45) is 0 Å². The van der Waals surface area contributed by atoms with Gasteiger partial charge in [0.25, 0.3) is 0 Å². The number of allylic oxidation sites excluding steroid dienone is 1. The van der Waals surface area contributed by atoms with Crippen LogP contribution in [0.15, 0.2) is 42.0 Å². The van der Waals surface area contributed by atoms with E-state index in [9.17, 15) is 0 Å². The van der Waals surface area contributed by atoms with E-state index in [4.69, 9.17) is 0 Å². The van der Waals surface area contributed by atoms with E-state index in [0.717, 1.165) is 6.42 Å². The van der Waals surface area contributed by atoms with Crippen molar-refractivity contribution in [3.05, 3.63) is 64.2 Å². The molecule has 0 atom stereocenters. The first-order valence-corrected chi connectivity index (χ1v) is 9.33. The lowest BCUT2D eigenvalue weighted by Crippen LogP contribution is -2.10. The average Bonchev–Trinajstić information content (AvgIpc) is 2.97. The molecule has 0 bridgehead atoms. The Labute approximate surface area is 147 Å². The largest absolute Gasteiger partial charge is 0.0654 e. The van der Waals surface area contributed by atoms with E-state index in [2.05, 4.69) is 77.1 Å². The summed E-state index contributed by atoms with van der Waals surface area (Å²) in [7, 11) is 0. The van der Waals surface area contributed by atoms with E-state index in [1.54, 1.807) is 11.1 Å². The summed E-state index contributed by atoms with van der Waals surface area (Å²) in [6, 6.07) is 13.8. The van der Waals surface area contributed by atoms with Crippen LogP contribution in [-0.2, 0) is 11.8 Å². The molecule has 1 aliphatic rings. The third-order valence-electron chi connectivity index (χ3n) is 5.26. The smallest absolute Gasteiger partial charge is 0.00550 e. The number of hydrogen-bond acceptors (Lipinski definition) is 0. The first-order valence-electron chi connectivity index (χ1n) is 9.33. The van der Waals surface area contributed by atoms with Crippen molar-refractivity contribution < 1.29 is 0 Å². The van der Waals surface area contributed by atoms with Crippen molar-refractivity contribution in [2.45, 2.75) is 65.7 Å². The second kappa shape index (κ2) is 6.59. The molecule has 0 N–H and O–H groups in total. The molecule has 0 aromatic heterocycles. The summed E-state index contributed by atoms with van der Waals surface area (Å²) in [5.41, 5.74) is 10.4. The van der Waals surface area contributed by atoms with Gasteiger partial charge in [-0.05, 0) is 65.0 Å². The normalized spacial score (nSPS) is 13.8. The minimum absolute atomic E-state index is 0.209. The summed E-state index contributed by atoms with van der Waals surface area (Å²) in [6.45, 7) is 11.3. The van der Waals surface area contributed by atoms with E-state index in [1.807, 2.05) is 0 Å². The Morgan fingerprint density at radius 2 is 1.67 bits per heavy atom. The molecule has 0 heteroatoms. The van der Waals surface area contributed by atoms with Gasteiger partial charge in [-0.1, -0.05) is 82.2 Å². The van der Waals surface area contributed by atoms with Crippen LogP contribution < -0.4 is 0 Å². The van der Waals surface area contributed by atoms with Crippen LogP contribution in [0.3, 0.4) is 0 Å². The van der Waals surface area contributed by atoms with Gasteiger partial charge in [-0.2, -0.15) is 0 Å². The highest BCUT2D eigenvalue weighted by Gasteiger charge is 2.19. The van der Waals surface area contributed by atoms with Gasteiger partial charge in [0.05, 0.1) is 0 Å². The number of fused-ring (bicyclic) bond motifs is 1. The molecule has 126 valence electrons. The van der Waals surface area contributed by atoms with Gasteiger partial charge in [0, 0.05) is 0 Å². The lowest BCUT2D eigenvalue weighted by Gasteiger charge is -2.19. The maximum absolute atomic E-state index is 2.46. The van der Waals surface area contributed by atoms with Crippen LogP contribution in [0.2, 0.25) is 0 Å². The van der Waals surface area contributed by atoms with Gasteiger partial charge >= 0.3 is 0 Å². The molecule has 3 rings (SSSR count). The first kappa shape index (κ1) is 17.0. The van der Waals surface area contributed by atoms with Crippen molar-refractivity contribution >= 4 is 6.08 Å². The van der Waals surface area contributed by atoms with Crippen molar-refractivity contribution in [2.75, 3.05) is 0 Å². The molecule has 0 radical (unpaired) electrons. The molecule has 2 aromatic rings. The lowest BCUT2D eigenvalue weighted by atomic mass is 9.85. The highest BCUT2D eigenvalue weighted by molar-refractivity contribution is 5.81. The molecular weight excluding hydrogens is 288 g/mol. The van der Waals surface area contributed by atoms with Crippen LogP contribution in [0, 0.1) is 6.92 Å². The molecule has 0 saturated heterocycles. The summed E-state index contributed by atoms with van der Waals surface area (Å²) in [4.78, 5) is 0. The topological polar surface area (TPSA) is 0 Å². The molecule has 1 aliphatic carbocycles. The Balaban J connectivity index is 1.98. The molecule has 0 unspecified atom stereocenters. The van der Waals surface area contributed by atoms with Gasteiger partial charge < -0.3 is 0 Å². The Kier molecular flexibility index (Phi) is 4.67. The van der Waals surface area contributed by atoms with Crippen LogP contribution in [0.25, 0.3) is 17.2 Å². The Morgan fingerprint density at radius 1 is 0.958 bits per heavy atom. The zero-order valence-electron chi connectivity index (χ0n) is 15.9. The van der Waals surface area contributed by atoms with Crippen LogP contribution in [0.5, 0.6) is 0 Å². The Hall–Kier alpha value is -1.82. The van der Waals surface area contributed by atoms with Crippen molar-refractivity contribution in [1.29, 1.82) is 0 Å². The van der Waals surface area contributed by atoms with Crippen LogP contribution in [-0.4, -0.2) is 0 Å². The van der Waals surface area contributed by atoms with E-state index in [1.165, 1.54) is 47.1 Å².